The molecule has 2 rings (SSSR count). The van der Waals surface area contributed by atoms with E-state index < -0.39 is 20.0 Å². The number of ether oxygens (including phenoxy) is 2. The summed E-state index contributed by atoms with van der Waals surface area (Å²) in [5, 5.41) is 0. The second-order valence-electron chi connectivity index (χ2n) is 6.25. The predicted molar refractivity (Wildman–Crippen MR) is 72.8 cm³/mol. The Hall–Kier alpha value is -0.633. The average Bonchev–Trinajstić information content (AvgIpc) is 2.70. The van der Waals surface area contributed by atoms with Gasteiger partial charge in [0, 0.05) is 12.8 Å². The van der Waals surface area contributed by atoms with Crippen molar-refractivity contribution in [3.63, 3.8) is 0 Å². The highest BCUT2D eigenvalue weighted by Gasteiger charge is 2.44. The minimum absolute atomic E-state index is 0.111. The topological polar surface area (TPSA) is 35.5 Å². The highest BCUT2D eigenvalue weighted by Crippen LogP contribution is 2.37. The maximum Gasteiger partial charge on any atom is 0.236 e. The Kier molecular flexibility index (Phi) is 3.95. The zero-order chi connectivity index (χ0) is 13.2. The van der Waals surface area contributed by atoms with Crippen LogP contribution in [0.5, 0.6) is 0 Å². The molecule has 0 N–H and O–H groups in total. The minimum atomic E-state index is -1.50. The first-order valence-corrected chi connectivity index (χ1v) is 10.3. The van der Waals surface area contributed by atoms with Gasteiger partial charge in [0.2, 0.25) is 5.78 Å². The first kappa shape index (κ1) is 13.8. The third-order valence-electron chi connectivity index (χ3n) is 3.32. The van der Waals surface area contributed by atoms with E-state index in [1.165, 1.54) is 6.42 Å². The SMILES string of the molecule is C[Si](C)(C)C#CC(=O)[C@H]1COC2(CCCCC2)O1. The van der Waals surface area contributed by atoms with Crippen LogP contribution in [0.1, 0.15) is 32.1 Å². The Morgan fingerprint density at radius 2 is 1.89 bits per heavy atom. The van der Waals surface area contributed by atoms with E-state index in [1.54, 1.807) is 0 Å². The number of Topliss-reactive ketones (excluding diaryl/α,β-unsaturated/α-hetero) is 1. The summed E-state index contributed by atoms with van der Waals surface area (Å²) >= 11 is 0. The summed E-state index contributed by atoms with van der Waals surface area (Å²) in [5.41, 5.74) is 3.09. The molecule has 1 atom stereocenters. The summed E-state index contributed by atoms with van der Waals surface area (Å²) < 4.78 is 11.6. The standard InChI is InChI=1S/C14H22O3Si/c1-18(2,3)10-7-12(15)13-11-16-14(17-13)8-5-4-6-9-14/h13H,4-6,8-9,11H2,1-3H3/t13-/m1/s1. The van der Waals surface area contributed by atoms with Gasteiger partial charge in [0.15, 0.2) is 11.9 Å². The maximum absolute atomic E-state index is 12.0. The number of carbonyl (C=O) groups excluding carboxylic acids is 1. The Labute approximate surface area is 110 Å². The lowest BCUT2D eigenvalue weighted by Crippen LogP contribution is -2.34. The van der Waals surface area contributed by atoms with Gasteiger partial charge in [-0.3, -0.25) is 4.79 Å². The number of hydrogen-bond acceptors (Lipinski definition) is 3. The zero-order valence-corrected chi connectivity index (χ0v) is 12.5. The van der Waals surface area contributed by atoms with Crippen molar-refractivity contribution in [1.82, 2.24) is 0 Å². The van der Waals surface area contributed by atoms with E-state index in [0.29, 0.717) is 6.61 Å². The molecule has 0 bridgehead atoms. The van der Waals surface area contributed by atoms with Crippen molar-refractivity contribution >= 4 is 13.9 Å². The molecule has 100 valence electrons. The number of carbonyl (C=O) groups is 1. The first-order chi connectivity index (χ1) is 8.40. The summed E-state index contributed by atoms with van der Waals surface area (Å²) in [6, 6.07) is 0. The first-order valence-electron chi connectivity index (χ1n) is 6.79. The van der Waals surface area contributed by atoms with Crippen molar-refractivity contribution in [3.8, 4) is 11.5 Å². The summed E-state index contributed by atoms with van der Waals surface area (Å²) in [6.07, 6.45) is 4.86. The number of rotatable bonds is 1. The van der Waals surface area contributed by atoms with Gasteiger partial charge in [-0.25, -0.2) is 0 Å². The van der Waals surface area contributed by atoms with Crippen molar-refractivity contribution in [2.75, 3.05) is 6.61 Å². The Morgan fingerprint density at radius 1 is 1.22 bits per heavy atom. The van der Waals surface area contributed by atoms with E-state index in [-0.39, 0.29) is 5.78 Å². The van der Waals surface area contributed by atoms with E-state index in [2.05, 4.69) is 31.1 Å². The van der Waals surface area contributed by atoms with Gasteiger partial charge in [-0.1, -0.05) is 26.1 Å². The van der Waals surface area contributed by atoms with Crippen LogP contribution in [0.2, 0.25) is 19.6 Å². The van der Waals surface area contributed by atoms with Gasteiger partial charge < -0.3 is 9.47 Å². The smallest absolute Gasteiger partial charge is 0.236 e. The Bertz CT molecular complexity index is 380. The van der Waals surface area contributed by atoms with Gasteiger partial charge in [0.25, 0.3) is 0 Å². The van der Waals surface area contributed by atoms with E-state index >= 15 is 0 Å². The van der Waals surface area contributed by atoms with E-state index in [1.807, 2.05) is 0 Å². The van der Waals surface area contributed by atoms with Gasteiger partial charge in [-0.15, -0.1) is 5.54 Å². The lowest BCUT2D eigenvalue weighted by molar-refractivity contribution is -0.187. The van der Waals surface area contributed by atoms with Gasteiger partial charge in [-0.05, 0) is 18.8 Å². The minimum Gasteiger partial charge on any atom is -0.347 e. The lowest BCUT2D eigenvalue weighted by Gasteiger charge is -2.31. The van der Waals surface area contributed by atoms with E-state index in [0.717, 1.165) is 25.7 Å². The molecule has 3 nitrogen and oxygen atoms in total. The average molecular weight is 266 g/mol. The normalized spacial score (nSPS) is 26.7. The van der Waals surface area contributed by atoms with Crippen LogP contribution in [0.3, 0.4) is 0 Å². The fraction of sp³-hybridized carbons (Fsp3) is 0.786. The summed E-state index contributed by atoms with van der Waals surface area (Å²) in [7, 11) is -1.50. The van der Waals surface area contributed by atoms with Crippen molar-refractivity contribution in [2.24, 2.45) is 0 Å². The molecule has 0 aromatic heterocycles. The predicted octanol–water partition coefficient (Wildman–Crippen LogP) is 2.51. The second kappa shape index (κ2) is 5.16. The molecule has 0 amide bonds. The molecule has 0 aromatic rings. The molecule has 1 saturated carbocycles. The van der Waals surface area contributed by atoms with Gasteiger partial charge in [0.1, 0.15) is 8.07 Å². The molecule has 0 unspecified atom stereocenters. The van der Waals surface area contributed by atoms with Crippen molar-refractivity contribution in [2.45, 2.75) is 63.6 Å². The van der Waals surface area contributed by atoms with Crippen LogP contribution in [-0.4, -0.2) is 32.4 Å². The van der Waals surface area contributed by atoms with Crippen LogP contribution in [-0.2, 0) is 14.3 Å². The van der Waals surface area contributed by atoms with Gasteiger partial charge in [0.05, 0.1) is 6.61 Å². The fourth-order valence-electron chi connectivity index (χ4n) is 2.37. The molecule has 2 fully saturated rings. The van der Waals surface area contributed by atoms with E-state index in [4.69, 9.17) is 9.47 Å². The number of ketones is 1. The maximum atomic E-state index is 12.0. The Balaban J connectivity index is 1.95. The van der Waals surface area contributed by atoms with Crippen LogP contribution in [0.15, 0.2) is 0 Å². The highest BCUT2D eigenvalue weighted by molar-refractivity contribution is 6.84. The molecule has 1 heterocycles. The largest absolute Gasteiger partial charge is 0.347 e. The fourth-order valence-corrected chi connectivity index (χ4v) is 2.86. The highest BCUT2D eigenvalue weighted by atomic mass is 28.3. The number of hydrogen-bond donors (Lipinski definition) is 0. The van der Waals surface area contributed by atoms with E-state index in [9.17, 15) is 4.79 Å². The van der Waals surface area contributed by atoms with Gasteiger partial charge in [-0.2, -0.15) is 0 Å². The molecule has 0 aromatic carbocycles. The van der Waals surface area contributed by atoms with Gasteiger partial charge >= 0.3 is 0 Å². The zero-order valence-electron chi connectivity index (χ0n) is 11.5. The molecule has 0 radical (unpaired) electrons. The summed E-state index contributed by atoms with van der Waals surface area (Å²) in [6.45, 7) is 6.75. The van der Waals surface area contributed by atoms with Crippen LogP contribution in [0.25, 0.3) is 0 Å². The molecule has 4 heteroatoms. The van der Waals surface area contributed by atoms with Crippen molar-refractivity contribution in [3.05, 3.63) is 0 Å². The van der Waals surface area contributed by atoms with Crippen LogP contribution in [0, 0.1) is 11.5 Å². The Morgan fingerprint density at radius 3 is 2.50 bits per heavy atom. The van der Waals surface area contributed by atoms with Crippen molar-refractivity contribution in [1.29, 1.82) is 0 Å². The summed E-state index contributed by atoms with van der Waals surface area (Å²) in [5.74, 6) is 2.17. The third kappa shape index (κ3) is 3.44. The molecule has 1 aliphatic carbocycles. The van der Waals surface area contributed by atoms with Crippen LogP contribution < -0.4 is 0 Å². The molecular formula is C14H22O3Si. The lowest BCUT2D eigenvalue weighted by atomic mass is 9.94. The molecule has 18 heavy (non-hydrogen) atoms. The molecule has 1 spiro atoms. The quantitative estimate of drug-likeness (QED) is 0.540. The van der Waals surface area contributed by atoms with Crippen LogP contribution >= 0.6 is 0 Å². The van der Waals surface area contributed by atoms with Crippen LogP contribution in [0.4, 0.5) is 0 Å². The molecule has 1 aliphatic heterocycles. The molecule has 1 saturated heterocycles. The summed E-state index contributed by atoms with van der Waals surface area (Å²) in [4.78, 5) is 12.0. The molecule has 2 aliphatic rings. The third-order valence-corrected chi connectivity index (χ3v) is 4.20. The monoisotopic (exact) mass is 266 g/mol. The molecular weight excluding hydrogens is 244 g/mol. The van der Waals surface area contributed by atoms with Crippen molar-refractivity contribution < 1.29 is 14.3 Å². The second-order valence-corrected chi connectivity index (χ2v) is 11.0.